The van der Waals surface area contributed by atoms with Crippen LogP contribution in [-0.4, -0.2) is 40.7 Å². The van der Waals surface area contributed by atoms with E-state index in [1.54, 1.807) is 25.4 Å². The number of rotatable bonds is 4. The van der Waals surface area contributed by atoms with Gasteiger partial charge < -0.3 is 15.3 Å². The number of carbonyl (C=O) groups excluding carboxylic acids is 1. The number of halogens is 1. The summed E-state index contributed by atoms with van der Waals surface area (Å²) in [5.74, 6) is 0.370. The Morgan fingerprint density at radius 2 is 2.39 bits per heavy atom. The van der Waals surface area contributed by atoms with Gasteiger partial charge in [-0.15, -0.1) is 0 Å². The van der Waals surface area contributed by atoms with Crippen molar-refractivity contribution >= 4 is 27.6 Å². The number of likely N-dealkylation sites (N-methyl/N-ethyl adjacent to an activating group) is 1. The quantitative estimate of drug-likeness (QED) is 0.836. The fourth-order valence-electron chi connectivity index (χ4n) is 1.66. The van der Waals surface area contributed by atoms with E-state index >= 15 is 0 Å². The summed E-state index contributed by atoms with van der Waals surface area (Å²) in [5.41, 5.74) is 0.635. The average Bonchev–Trinajstić information content (AvgIpc) is 3.16. The molecule has 2 N–H and O–H groups in total. The number of nitrogens with one attached hydrogen (secondary N) is 1. The van der Waals surface area contributed by atoms with Crippen molar-refractivity contribution in [2.75, 3.05) is 18.9 Å². The second-order valence-corrected chi connectivity index (χ2v) is 5.40. The molecule has 5 nitrogen and oxygen atoms in total. The van der Waals surface area contributed by atoms with E-state index in [2.05, 4.69) is 26.2 Å². The van der Waals surface area contributed by atoms with E-state index in [0.717, 1.165) is 17.4 Å². The molecule has 1 aromatic rings. The Morgan fingerprint density at radius 3 is 2.94 bits per heavy atom. The Balaban J connectivity index is 1.84. The number of urea groups is 1. The minimum Gasteiger partial charge on any atom is -0.391 e. The van der Waals surface area contributed by atoms with Crippen LogP contribution in [0.3, 0.4) is 0 Å². The van der Waals surface area contributed by atoms with Gasteiger partial charge in [0.1, 0.15) is 4.60 Å². The first-order chi connectivity index (χ1) is 8.56. The summed E-state index contributed by atoms with van der Waals surface area (Å²) in [6, 6.07) is 3.29. The van der Waals surface area contributed by atoms with E-state index in [9.17, 15) is 9.90 Å². The SMILES string of the molecule is CN(CC(O)C1CC1)C(=O)Nc1ccc(Br)nc1. The molecule has 2 rings (SSSR count). The molecule has 0 aliphatic heterocycles. The van der Waals surface area contributed by atoms with Gasteiger partial charge in [-0.1, -0.05) is 0 Å². The zero-order chi connectivity index (χ0) is 13.1. The molecule has 1 fully saturated rings. The number of aliphatic hydroxyl groups is 1. The van der Waals surface area contributed by atoms with Crippen molar-refractivity contribution in [2.45, 2.75) is 18.9 Å². The topological polar surface area (TPSA) is 65.5 Å². The van der Waals surface area contributed by atoms with Crippen LogP contribution in [0.25, 0.3) is 0 Å². The Labute approximate surface area is 114 Å². The first kappa shape index (κ1) is 13.3. The molecule has 1 unspecified atom stereocenters. The summed E-state index contributed by atoms with van der Waals surface area (Å²) in [4.78, 5) is 17.4. The molecular weight excluding hydrogens is 298 g/mol. The zero-order valence-corrected chi connectivity index (χ0v) is 11.7. The Kier molecular flexibility index (Phi) is 4.19. The van der Waals surface area contributed by atoms with Crippen LogP contribution in [0, 0.1) is 5.92 Å². The molecule has 98 valence electrons. The fraction of sp³-hybridized carbons (Fsp3) is 0.500. The number of anilines is 1. The van der Waals surface area contributed by atoms with Gasteiger partial charge in [-0.2, -0.15) is 0 Å². The Morgan fingerprint density at radius 1 is 1.67 bits per heavy atom. The molecule has 1 heterocycles. The highest BCUT2D eigenvalue weighted by Gasteiger charge is 2.31. The number of hydrogen-bond acceptors (Lipinski definition) is 3. The molecule has 2 amide bonds. The van der Waals surface area contributed by atoms with Gasteiger partial charge in [-0.3, -0.25) is 0 Å². The van der Waals surface area contributed by atoms with Crippen molar-refractivity contribution in [2.24, 2.45) is 5.92 Å². The molecule has 0 saturated heterocycles. The van der Waals surface area contributed by atoms with Crippen molar-refractivity contribution in [3.63, 3.8) is 0 Å². The van der Waals surface area contributed by atoms with Gasteiger partial charge in [0.15, 0.2) is 0 Å². The number of hydrogen-bond donors (Lipinski definition) is 2. The first-order valence-corrected chi connectivity index (χ1v) is 6.67. The summed E-state index contributed by atoms with van der Waals surface area (Å²) in [6.07, 6.45) is 3.29. The molecule has 0 bridgehead atoms. The van der Waals surface area contributed by atoms with E-state index in [4.69, 9.17) is 0 Å². The third kappa shape index (κ3) is 3.68. The summed E-state index contributed by atoms with van der Waals surface area (Å²) >= 11 is 3.23. The van der Waals surface area contributed by atoms with Gasteiger partial charge in [0.05, 0.1) is 18.0 Å². The van der Waals surface area contributed by atoms with E-state index < -0.39 is 6.10 Å². The maximum atomic E-state index is 11.8. The second kappa shape index (κ2) is 5.67. The molecule has 1 atom stereocenters. The molecule has 1 saturated carbocycles. The fourth-order valence-corrected chi connectivity index (χ4v) is 1.90. The molecule has 1 aliphatic rings. The lowest BCUT2D eigenvalue weighted by Gasteiger charge is -2.21. The van der Waals surface area contributed by atoms with Gasteiger partial charge in [0.25, 0.3) is 0 Å². The highest BCUT2D eigenvalue weighted by atomic mass is 79.9. The summed E-state index contributed by atoms with van der Waals surface area (Å²) in [6.45, 7) is 0.362. The van der Waals surface area contributed by atoms with Crippen LogP contribution >= 0.6 is 15.9 Å². The summed E-state index contributed by atoms with van der Waals surface area (Å²) in [5, 5.41) is 12.5. The third-order valence-electron chi connectivity index (χ3n) is 2.95. The van der Waals surface area contributed by atoms with Gasteiger partial charge >= 0.3 is 6.03 Å². The number of amides is 2. The number of pyridine rings is 1. The molecule has 0 radical (unpaired) electrons. The van der Waals surface area contributed by atoms with Crippen molar-refractivity contribution in [3.05, 3.63) is 22.9 Å². The van der Waals surface area contributed by atoms with E-state index in [1.165, 1.54) is 4.90 Å². The smallest absolute Gasteiger partial charge is 0.321 e. The normalized spacial score (nSPS) is 16.2. The maximum absolute atomic E-state index is 11.8. The van der Waals surface area contributed by atoms with Gasteiger partial charge in [0, 0.05) is 13.6 Å². The first-order valence-electron chi connectivity index (χ1n) is 5.88. The molecular formula is C12H16BrN3O2. The summed E-state index contributed by atoms with van der Waals surface area (Å²) < 4.78 is 0.720. The highest BCUT2D eigenvalue weighted by molar-refractivity contribution is 9.10. The number of carbonyl (C=O) groups is 1. The van der Waals surface area contributed by atoms with Crippen LogP contribution in [0.4, 0.5) is 10.5 Å². The van der Waals surface area contributed by atoms with Crippen LogP contribution in [0.15, 0.2) is 22.9 Å². The molecule has 1 aromatic heterocycles. The predicted octanol–water partition coefficient (Wildman–Crippen LogP) is 2.08. The second-order valence-electron chi connectivity index (χ2n) is 4.59. The zero-order valence-electron chi connectivity index (χ0n) is 10.1. The van der Waals surface area contributed by atoms with Crippen LogP contribution < -0.4 is 5.32 Å². The maximum Gasteiger partial charge on any atom is 0.321 e. The molecule has 18 heavy (non-hydrogen) atoms. The van der Waals surface area contributed by atoms with Crippen molar-refractivity contribution < 1.29 is 9.90 Å². The van der Waals surface area contributed by atoms with Crippen molar-refractivity contribution in [1.29, 1.82) is 0 Å². The molecule has 6 heteroatoms. The van der Waals surface area contributed by atoms with E-state index in [-0.39, 0.29) is 6.03 Å². The van der Waals surface area contributed by atoms with Crippen molar-refractivity contribution in [3.8, 4) is 0 Å². The van der Waals surface area contributed by atoms with Crippen LogP contribution in [0.5, 0.6) is 0 Å². The molecule has 0 aromatic carbocycles. The lowest BCUT2D eigenvalue weighted by atomic mass is 10.2. The van der Waals surface area contributed by atoms with Gasteiger partial charge in [-0.25, -0.2) is 9.78 Å². The molecule has 0 spiro atoms. The van der Waals surface area contributed by atoms with Gasteiger partial charge in [-0.05, 0) is 46.8 Å². The third-order valence-corrected chi connectivity index (χ3v) is 3.42. The van der Waals surface area contributed by atoms with Gasteiger partial charge in [0.2, 0.25) is 0 Å². The van der Waals surface area contributed by atoms with E-state index in [1.807, 2.05) is 0 Å². The van der Waals surface area contributed by atoms with Crippen LogP contribution in [0.2, 0.25) is 0 Å². The number of aromatic nitrogens is 1. The summed E-state index contributed by atoms with van der Waals surface area (Å²) in [7, 11) is 1.67. The monoisotopic (exact) mass is 313 g/mol. The Bertz CT molecular complexity index is 420. The van der Waals surface area contributed by atoms with Crippen molar-refractivity contribution in [1.82, 2.24) is 9.88 Å². The van der Waals surface area contributed by atoms with Crippen LogP contribution in [-0.2, 0) is 0 Å². The van der Waals surface area contributed by atoms with E-state index in [0.29, 0.717) is 18.2 Å². The Hall–Kier alpha value is -1.14. The predicted molar refractivity (Wildman–Crippen MR) is 72.3 cm³/mol. The number of nitrogens with zero attached hydrogens (tertiary/aromatic N) is 2. The lowest BCUT2D eigenvalue weighted by Crippen LogP contribution is -2.38. The average molecular weight is 314 g/mol. The minimum absolute atomic E-state index is 0.237. The standard InChI is InChI=1S/C12H16BrN3O2/c1-16(7-10(17)8-2-3-8)12(18)15-9-4-5-11(13)14-6-9/h4-6,8,10,17H,2-3,7H2,1H3,(H,15,18). The number of aliphatic hydroxyl groups excluding tert-OH is 1. The lowest BCUT2D eigenvalue weighted by molar-refractivity contribution is 0.117. The largest absolute Gasteiger partial charge is 0.391 e. The molecule has 1 aliphatic carbocycles. The highest BCUT2D eigenvalue weighted by Crippen LogP contribution is 2.32. The van der Waals surface area contributed by atoms with Crippen LogP contribution in [0.1, 0.15) is 12.8 Å². The minimum atomic E-state index is -0.413.